The van der Waals surface area contributed by atoms with Crippen molar-refractivity contribution in [3.63, 3.8) is 0 Å². The molecular formula is C25H24N4O4S. The molecule has 9 heteroatoms. The first kappa shape index (κ1) is 23.4. The number of nitrogens with zero attached hydrogens (tertiary/aromatic N) is 3. The van der Waals surface area contributed by atoms with Gasteiger partial charge in [-0.2, -0.15) is 9.57 Å². The van der Waals surface area contributed by atoms with Crippen molar-refractivity contribution in [3.05, 3.63) is 84.4 Å². The SMILES string of the molecule is N#Cc1ccc(S(=O)(=O)N2CCN(CC(=O)Nc3ccccc3Oc3ccccc3)CC2)cc1. The third-order valence-corrected chi connectivity index (χ3v) is 7.36. The number of nitrogens with one attached hydrogen (secondary N) is 1. The fourth-order valence-corrected chi connectivity index (χ4v) is 5.07. The minimum atomic E-state index is -3.64. The van der Waals surface area contributed by atoms with Crippen LogP contribution in [0.4, 0.5) is 5.69 Å². The predicted molar refractivity (Wildman–Crippen MR) is 128 cm³/mol. The van der Waals surface area contributed by atoms with Crippen molar-refractivity contribution < 1.29 is 17.9 Å². The average Bonchev–Trinajstić information content (AvgIpc) is 2.86. The highest BCUT2D eigenvalue weighted by atomic mass is 32.2. The molecule has 1 heterocycles. The van der Waals surface area contributed by atoms with Gasteiger partial charge in [0.05, 0.1) is 28.8 Å². The van der Waals surface area contributed by atoms with Crippen LogP contribution in [0.2, 0.25) is 0 Å². The molecule has 1 aliphatic heterocycles. The number of carbonyl (C=O) groups excluding carboxylic acids is 1. The zero-order chi connectivity index (χ0) is 24.0. The van der Waals surface area contributed by atoms with Crippen molar-refractivity contribution in [1.82, 2.24) is 9.21 Å². The van der Waals surface area contributed by atoms with Gasteiger partial charge in [-0.1, -0.05) is 30.3 Å². The number of hydrogen-bond acceptors (Lipinski definition) is 6. The van der Waals surface area contributed by atoms with Crippen LogP contribution in [-0.4, -0.2) is 56.3 Å². The lowest BCUT2D eigenvalue weighted by Gasteiger charge is -2.33. The Bertz CT molecular complexity index is 1280. The van der Waals surface area contributed by atoms with Gasteiger partial charge in [-0.05, 0) is 48.5 Å². The van der Waals surface area contributed by atoms with E-state index in [-0.39, 0.29) is 30.4 Å². The van der Waals surface area contributed by atoms with Crippen LogP contribution in [-0.2, 0) is 14.8 Å². The van der Waals surface area contributed by atoms with Crippen LogP contribution in [0.25, 0.3) is 0 Å². The van der Waals surface area contributed by atoms with Crippen LogP contribution in [0.5, 0.6) is 11.5 Å². The van der Waals surface area contributed by atoms with E-state index in [1.54, 1.807) is 12.1 Å². The van der Waals surface area contributed by atoms with Gasteiger partial charge in [-0.3, -0.25) is 9.69 Å². The number of nitriles is 1. The molecule has 34 heavy (non-hydrogen) atoms. The van der Waals surface area contributed by atoms with Crippen molar-refractivity contribution in [2.45, 2.75) is 4.90 Å². The van der Waals surface area contributed by atoms with Crippen molar-refractivity contribution in [2.24, 2.45) is 0 Å². The molecule has 0 atom stereocenters. The van der Waals surface area contributed by atoms with Gasteiger partial charge in [-0.25, -0.2) is 8.42 Å². The van der Waals surface area contributed by atoms with Gasteiger partial charge < -0.3 is 10.1 Å². The maximum absolute atomic E-state index is 12.9. The van der Waals surface area contributed by atoms with Gasteiger partial charge >= 0.3 is 0 Å². The Balaban J connectivity index is 1.32. The fourth-order valence-electron chi connectivity index (χ4n) is 3.65. The first-order valence-electron chi connectivity index (χ1n) is 10.8. The van der Waals surface area contributed by atoms with Crippen molar-refractivity contribution >= 4 is 21.6 Å². The largest absolute Gasteiger partial charge is 0.455 e. The second-order valence-corrected chi connectivity index (χ2v) is 9.71. The van der Waals surface area contributed by atoms with Gasteiger partial charge in [0, 0.05) is 26.2 Å². The van der Waals surface area contributed by atoms with E-state index in [0.717, 1.165) is 0 Å². The fraction of sp³-hybridized carbons (Fsp3) is 0.200. The van der Waals surface area contributed by atoms with Crippen molar-refractivity contribution in [1.29, 1.82) is 5.26 Å². The molecule has 1 fully saturated rings. The van der Waals surface area contributed by atoms with Crippen LogP contribution < -0.4 is 10.1 Å². The molecule has 1 saturated heterocycles. The summed E-state index contributed by atoms with van der Waals surface area (Å²) in [6, 6.07) is 24.4. The summed E-state index contributed by atoms with van der Waals surface area (Å²) in [5, 5.41) is 11.8. The van der Waals surface area contributed by atoms with Gasteiger partial charge in [0.2, 0.25) is 15.9 Å². The average molecular weight is 477 g/mol. The summed E-state index contributed by atoms with van der Waals surface area (Å²) in [6.07, 6.45) is 0. The van der Waals surface area contributed by atoms with Crippen LogP contribution in [0, 0.1) is 11.3 Å². The van der Waals surface area contributed by atoms with E-state index in [2.05, 4.69) is 5.32 Å². The number of para-hydroxylation sites is 3. The molecule has 0 bridgehead atoms. The maximum atomic E-state index is 12.9. The third-order valence-electron chi connectivity index (χ3n) is 5.45. The summed E-state index contributed by atoms with van der Waals surface area (Å²) in [5.41, 5.74) is 0.976. The van der Waals surface area contributed by atoms with Crippen LogP contribution in [0.3, 0.4) is 0 Å². The highest BCUT2D eigenvalue weighted by Gasteiger charge is 2.29. The van der Waals surface area contributed by atoms with E-state index < -0.39 is 10.0 Å². The van der Waals surface area contributed by atoms with Gasteiger partial charge in [0.15, 0.2) is 5.75 Å². The summed E-state index contributed by atoms with van der Waals surface area (Å²) >= 11 is 0. The molecule has 0 unspecified atom stereocenters. The number of carbonyl (C=O) groups is 1. The van der Waals surface area contributed by atoms with Gasteiger partial charge in [-0.15, -0.1) is 0 Å². The van der Waals surface area contributed by atoms with Crippen LogP contribution in [0.15, 0.2) is 83.8 Å². The Kier molecular flexibility index (Phi) is 7.23. The Morgan fingerprint density at radius 1 is 0.912 bits per heavy atom. The number of rotatable bonds is 7. The van der Waals surface area contributed by atoms with Gasteiger partial charge in [0.25, 0.3) is 0 Å². The highest BCUT2D eigenvalue weighted by Crippen LogP contribution is 2.29. The van der Waals surface area contributed by atoms with E-state index in [0.29, 0.717) is 35.8 Å². The summed E-state index contributed by atoms with van der Waals surface area (Å²) in [6.45, 7) is 1.58. The highest BCUT2D eigenvalue weighted by molar-refractivity contribution is 7.89. The van der Waals surface area contributed by atoms with Crippen LogP contribution >= 0.6 is 0 Å². The molecule has 0 radical (unpaired) electrons. The standard InChI is InChI=1S/C25H24N4O4S/c26-18-20-10-12-22(13-11-20)34(31,32)29-16-14-28(15-17-29)19-25(30)27-23-8-4-5-9-24(23)33-21-6-2-1-3-7-21/h1-13H,14-17,19H2,(H,27,30). The van der Waals surface area contributed by atoms with E-state index >= 15 is 0 Å². The maximum Gasteiger partial charge on any atom is 0.243 e. The second-order valence-electron chi connectivity index (χ2n) is 7.78. The molecular weight excluding hydrogens is 452 g/mol. The molecule has 3 aromatic carbocycles. The lowest BCUT2D eigenvalue weighted by molar-refractivity contribution is -0.117. The number of benzene rings is 3. The Hall–Kier alpha value is -3.71. The minimum absolute atomic E-state index is 0.143. The molecule has 3 aromatic rings. The molecule has 1 amide bonds. The molecule has 0 saturated carbocycles. The molecule has 0 aromatic heterocycles. The summed E-state index contributed by atoms with van der Waals surface area (Å²) in [4.78, 5) is 14.8. The van der Waals surface area contributed by atoms with E-state index in [1.165, 1.54) is 28.6 Å². The lowest BCUT2D eigenvalue weighted by Crippen LogP contribution is -2.50. The zero-order valence-corrected chi connectivity index (χ0v) is 19.2. The first-order valence-corrected chi connectivity index (χ1v) is 12.2. The summed E-state index contributed by atoms with van der Waals surface area (Å²) in [5.74, 6) is 1.01. The monoisotopic (exact) mass is 476 g/mol. The Labute approximate surface area is 199 Å². The molecule has 1 aliphatic rings. The number of amides is 1. The number of piperazine rings is 1. The third kappa shape index (κ3) is 5.61. The van der Waals surface area contributed by atoms with E-state index in [1.807, 2.05) is 53.4 Å². The van der Waals surface area contributed by atoms with Crippen molar-refractivity contribution in [3.8, 4) is 17.6 Å². The van der Waals surface area contributed by atoms with E-state index in [9.17, 15) is 13.2 Å². The molecule has 1 N–H and O–H groups in total. The smallest absolute Gasteiger partial charge is 0.243 e. The zero-order valence-electron chi connectivity index (χ0n) is 18.4. The first-order chi connectivity index (χ1) is 16.5. The summed E-state index contributed by atoms with van der Waals surface area (Å²) < 4.78 is 33.0. The van der Waals surface area contributed by atoms with Gasteiger partial charge in [0.1, 0.15) is 5.75 Å². The Morgan fingerprint density at radius 3 is 2.24 bits per heavy atom. The Morgan fingerprint density at radius 2 is 1.56 bits per heavy atom. The minimum Gasteiger partial charge on any atom is -0.455 e. The summed E-state index contributed by atoms with van der Waals surface area (Å²) in [7, 11) is -3.64. The quantitative estimate of drug-likeness (QED) is 0.561. The topological polar surface area (TPSA) is 103 Å². The number of anilines is 1. The molecule has 0 aliphatic carbocycles. The molecule has 174 valence electrons. The second kappa shape index (κ2) is 10.5. The lowest BCUT2D eigenvalue weighted by atomic mass is 10.2. The normalized spacial score (nSPS) is 14.8. The van der Waals surface area contributed by atoms with E-state index in [4.69, 9.17) is 10.00 Å². The number of sulfonamides is 1. The number of ether oxygens (including phenoxy) is 1. The van der Waals surface area contributed by atoms with Crippen LogP contribution in [0.1, 0.15) is 5.56 Å². The molecule has 4 rings (SSSR count). The molecule has 0 spiro atoms. The number of hydrogen-bond donors (Lipinski definition) is 1. The van der Waals surface area contributed by atoms with Crippen molar-refractivity contribution in [2.75, 3.05) is 38.0 Å². The molecule has 8 nitrogen and oxygen atoms in total. The predicted octanol–water partition coefficient (Wildman–Crippen LogP) is 3.30.